The fraction of sp³-hybridized carbons (Fsp3) is 0.192. The third kappa shape index (κ3) is 4.88. The van der Waals surface area contributed by atoms with Crippen LogP contribution in [0.3, 0.4) is 0 Å². The van der Waals surface area contributed by atoms with E-state index in [1.165, 1.54) is 6.07 Å². The lowest BCUT2D eigenvalue weighted by Crippen LogP contribution is -2.55. The van der Waals surface area contributed by atoms with Gasteiger partial charge in [-0.25, -0.2) is 13.6 Å². The van der Waals surface area contributed by atoms with E-state index in [0.29, 0.717) is 19.6 Å². The monoisotopic (exact) mass is 495 g/mol. The Hall–Kier alpha value is -3.78. The van der Waals surface area contributed by atoms with Crippen molar-refractivity contribution in [2.24, 2.45) is 0 Å². The Bertz CT molecular complexity index is 1350. The molecule has 6 nitrogen and oxygen atoms in total. The Morgan fingerprint density at radius 1 is 0.943 bits per heavy atom. The summed E-state index contributed by atoms with van der Waals surface area (Å²) in [7, 11) is 0. The minimum Gasteiger partial charge on any atom is -0.348 e. The van der Waals surface area contributed by atoms with Gasteiger partial charge < -0.3 is 15.1 Å². The van der Waals surface area contributed by atoms with Crippen LogP contribution < -0.4 is 10.2 Å². The topological polar surface area (TPSA) is 61.4 Å². The van der Waals surface area contributed by atoms with E-state index in [2.05, 4.69) is 20.4 Å². The van der Waals surface area contributed by atoms with Gasteiger partial charge in [0.25, 0.3) is 0 Å². The van der Waals surface area contributed by atoms with Gasteiger partial charge in [0, 0.05) is 48.1 Å². The zero-order valence-electron chi connectivity index (χ0n) is 19.0. The number of amides is 2. The third-order valence-electron chi connectivity index (χ3n) is 6.07. The fourth-order valence-corrected chi connectivity index (χ4v) is 4.35. The smallest absolute Gasteiger partial charge is 0.322 e. The Labute approximate surface area is 208 Å². The zero-order valence-corrected chi connectivity index (χ0v) is 19.8. The molecule has 0 spiro atoms. The van der Waals surface area contributed by atoms with Crippen LogP contribution in [0, 0.1) is 11.6 Å². The number of nitrogens with one attached hydrogen (secondary N) is 1. The second-order valence-electron chi connectivity index (χ2n) is 8.33. The first-order chi connectivity index (χ1) is 16.5. The molecule has 0 aliphatic carbocycles. The summed E-state index contributed by atoms with van der Waals surface area (Å²) in [6.45, 7) is 3.41. The second-order valence-corrected chi connectivity index (χ2v) is 8.33. The Morgan fingerprint density at radius 3 is 2.37 bits per heavy atom. The number of rotatable bonds is 3. The highest BCUT2D eigenvalue weighted by molar-refractivity contribution is 6.00. The number of piperazine rings is 1. The highest BCUT2D eigenvalue weighted by atomic mass is 35.5. The molecule has 3 aromatic carbocycles. The van der Waals surface area contributed by atoms with Crippen molar-refractivity contribution in [3.8, 4) is 11.3 Å². The largest absolute Gasteiger partial charge is 0.348 e. The third-order valence-corrected chi connectivity index (χ3v) is 6.07. The zero-order chi connectivity index (χ0) is 23.7. The number of hydrogen-bond acceptors (Lipinski definition) is 4. The number of aromatic nitrogens is 2. The summed E-state index contributed by atoms with van der Waals surface area (Å²) in [5.41, 5.74) is 1.78. The summed E-state index contributed by atoms with van der Waals surface area (Å²) in [5.74, 6) is -0.725. The van der Waals surface area contributed by atoms with Gasteiger partial charge in [-0.05, 0) is 19.1 Å². The molecule has 1 fully saturated rings. The molecule has 0 radical (unpaired) electrons. The quantitative estimate of drug-likeness (QED) is 0.394. The predicted molar refractivity (Wildman–Crippen MR) is 136 cm³/mol. The lowest BCUT2D eigenvalue weighted by Gasteiger charge is -2.40. The van der Waals surface area contributed by atoms with Gasteiger partial charge in [0.15, 0.2) is 5.82 Å². The average molecular weight is 496 g/mol. The molecule has 1 atom stereocenters. The molecule has 1 aromatic heterocycles. The number of halogens is 3. The molecule has 0 unspecified atom stereocenters. The number of hydrogen-bond donors (Lipinski definition) is 1. The molecule has 35 heavy (non-hydrogen) atoms. The van der Waals surface area contributed by atoms with Crippen molar-refractivity contribution in [1.29, 1.82) is 0 Å². The summed E-state index contributed by atoms with van der Waals surface area (Å²) in [6.07, 6.45) is 0. The Morgan fingerprint density at radius 2 is 1.66 bits per heavy atom. The summed E-state index contributed by atoms with van der Waals surface area (Å²) in [4.78, 5) is 16.5. The van der Waals surface area contributed by atoms with Crippen LogP contribution in [-0.2, 0) is 0 Å². The Balaban J connectivity index is 0.00000289. The van der Waals surface area contributed by atoms with E-state index >= 15 is 0 Å². The SMILES string of the molecule is C[C@H]1CN(C(=O)Nc2ccc(F)cc2F)CCN1c1nnc(-c2ccccc2)c2ccccc12.Cl. The molecule has 1 saturated heterocycles. The van der Waals surface area contributed by atoms with Crippen molar-refractivity contribution in [3.05, 3.63) is 84.4 Å². The number of carbonyl (C=O) groups is 1. The molecule has 0 bridgehead atoms. The number of benzene rings is 3. The molecule has 1 aliphatic heterocycles. The fourth-order valence-electron chi connectivity index (χ4n) is 4.35. The summed E-state index contributed by atoms with van der Waals surface area (Å²) < 4.78 is 27.1. The van der Waals surface area contributed by atoms with Gasteiger partial charge in [-0.15, -0.1) is 22.6 Å². The maximum atomic E-state index is 13.9. The van der Waals surface area contributed by atoms with Crippen molar-refractivity contribution in [2.75, 3.05) is 29.9 Å². The standard InChI is InChI=1S/C26H23F2N5O.ClH/c1-17-16-32(26(34)29-23-12-11-19(27)15-22(23)28)13-14-33(17)25-21-10-6-5-9-20(21)24(30-31-25)18-7-3-2-4-8-18;/h2-12,15,17H,13-14,16H2,1H3,(H,29,34);1H/t17-;/m0./s1. The van der Waals surface area contributed by atoms with Crippen molar-refractivity contribution < 1.29 is 13.6 Å². The van der Waals surface area contributed by atoms with Crippen molar-refractivity contribution >= 4 is 40.7 Å². The van der Waals surface area contributed by atoms with Crippen LogP contribution in [0.5, 0.6) is 0 Å². The predicted octanol–water partition coefficient (Wildman–Crippen LogP) is 5.74. The van der Waals surface area contributed by atoms with Gasteiger partial charge in [0.2, 0.25) is 0 Å². The summed E-state index contributed by atoms with van der Waals surface area (Å²) >= 11 is 0. The van der Waals surface area contributed by atoms with E-state index in [1.807, 2.05) is 61.5 Å². The maximum Gasteiger partial charge on any atom is 0.322 e. The van der Waals surface area contributed by atoms with Gasteiger partial charge in [-0.3, -0.25) is 0 Å². The van der Waals surface area contributed by atoms with Crippen molar-refractivity contribution in [2.45, 2.75) is 13.0 Å². The lowest BCUT2D eigenvalue weighted by molar-refractivity contribution is 0.200. The van der Waals surface area contributed by atoms with Gasteiger partial charge in [0.1, 0.15) is 17.3 Å². The average Bonchev–Trinajstić information content (AvgIpc) is 2.85. The highest BCUT2D eigenvalue weighted by Crippen LogP contribution is 2.32. The first kappa shape index (κ1) is 24.3. The lowest BCUT2D eigenvalue weighted by atomic mass is 10.0. The van der Waals surface area contributed by atoms with E-state index in [1.54, 1.807) is 4.90 Å². The number of urea groups is 1. The normalized spacial score (nSPS) is 15.6. The van der Waals surface area contributed by atoms with Crippen LogP contribution in [-0.4, -0.2) is 46.8 Å². The van der Waals surface area contributed by atoms with E-state index in [0.717, 1.165) is 40.0 Å². The first-order valence-corrected chi connectivity index (χ1v) is 11.1. The van der Waals surface area contributed by atoms with Crippen LogP contribution in [0.2, 0.25) is 0 Å². The number of anilines is 2. The van der Waals surface area contributed by atoms with Gasteiger partial charge in [0.05, 0.1) is 5.69 Å². The molecule has 1 aliphatic rings. The van der Waals surface area contributed by atoms with Crippen LogP contribution in [0.15, 0.2) is 72.8 Å². The molecular formula is C26H24ClF2N5O. The van der Waals surface area contributed by atoms with E-state index in [9.17, 15) is 13.6 Å². The minimum atomic E-state index is -0.805. The number of fused-ring (bicyclic) bond motifs is 1. The van der Waals surface area contributed by atoms with E-state index in [-0.39, 0.29) is 24.1 Å². The Kier molecular flexibility index (Phi) is 7.12. The molecule has 2 amide bonds. The molecule has 180 valence electrons. The highest BCUT2D eigenvalue weighted by Gasteiger charge is 2.29. The summed E-state index contributed by atoms with van der Waals surface area (Å²) in [6, 6.07) is 20.6. The van der Waals surface area contributed by atoms with Gasteiger partial charge >= 0.3 is 6.03 Å². The van der Waals surface area contributed by atoms with Crippen LogP contribution in [0.4, 0.5) is 25.1 Å². The number of nitrogens with zero attached hydrogens (tertiary/aromatic N) is 4. The van der Waals surface area contributed by atoms with E-state index in [4.69, 9.17) is 0 Å². The van der Waals surface area contributed by atoms with Crippen molar-refractivity contribution in [3.63, 3.8) is 0 Å². The molecule has 0 saturated carbocycles. The summed E-state index contributed by atoms with van der Waals surface area (Å²) in [5, 5.41) is 13.7. The van der Waals surface area contributed by atoms with E-state index < -0.39 is 17.7 Å². The molecule has 2 heterocycles. The van der Waals surface area contributed by atoms with Crippen LogP contribution >= 0.6 is 12.4 Å². The van der Waals surface area contributed by atoms with Crippen LogP contribution in [0.1, 0.15) is 6.92 Å². The molecular weight excluding hydrogens is 472 g/mol. The molecule has 9 heteroatoms. The minimum absolute atomic E-state index is 0. The first-order valence-electron chi connectivity index (χ1n) is 11.1. The van der Waals surface area contributed by atoms with Gasteiger partial charge in [-0.2, -0.15) is 0 Å². The molecule has 1 N–H and O–H groups in total. The number of carbonyl (C=O) groups excluding carboxylic acids is 1. The maximum absolute atomic E-state index is 13.9. The van der Waals surface area contributed by atoms with Gasteiger partial charge in [-0.1, -0.05) is 54.6 Å². The van der Waals surface area contributed by atoms with Crippen LogP contribution in [0.25, 0.3) is 22.0 Å². The van der Waals surface area contributed by atoms with Crippen molar-refractivity contribution in [1.82, 2.24) is 15.1 Å². The molecule has 5 rings (SSSR count). The second kappa shape index (κ2) is 10.2. The molecule has 4 aromatic rings.